The fraction of sp³-hybridized carbons (Fsp3) is 0.364. The number of aromatic nitrogens is 2. The zero-order valence-electron chi connectivity index (χ0n) is 17.2. The summed E-state index contributed by atoms with van der Waals surface area (Å²) < 4.78 is 7.53. The summed E-state index contributed by atoms with van der Waals surface area (Å²) in [4.78, 5) is 12.4. The van der Waals surface area contributed by atoms with Crippen molar-refractivity contribution in [3.8, 4) is 0 Å². The minimum absolute atomic E-state index is 0.125. The Morgan fingerprint density at radius 3 is 2.54 bits per heavy atom. The third-order valence-electron chi connectivity index (χ3n) is 5.03. The van der Waals surface area contributed by atoms with E-state index in [4.69, 9.17) is 4.42 Å². The van der Waals surface area contributed by atoms with Crippen LogP contribution in [0.4, 0.5) is 4.79 Å². The van der Waals surface area contributed by atoms with E-state index in [2.05, 4.69) is 27.9 Å². The van der Waals surface area contributed by atoms with Crippen molar-refractivity contribution in [2.45, 2.75) is 53.8 Å². The highest BCUT2D eigenvalue weighted by Crippen LogP contribution is 2.21. The number of carbonyl (C=O) groups excluding carboxylic acids is 1. The maximum atomic E-state index is 12.4. The third-order valence-corrected chi connectivity index (χ3v) is 5.03. The van der Waals surface area contributed by atoms with Gasteiger partial charge in [-0.25, -0.2) is 4.79 Å². The van der Waals surface area contributed by atoms with Crippen LogP contribution in [0.5, 0.6) is 0 Å². The van der Waals surface area contributed by atoms with Gasteiger partial charge in [-0.1, -0.05) is 30.3 Å². The summed E-state index contributed by atoms with van der Waals surface area (Å²) in [5, 5.41) is 10.6. The highest BCUT2D eigenvalue weighted by Gasteiger charge is 2.16. The van der Waals surface area contributed by atoms with Crippen molar-refractivity contribution in [1.29, 1.82) is 0 Å². The topological polar surface area (TPSA) is 72.1 Å². The van der Waals surface area contributed by atoms with Crippen LogP contribution >= 0.6 is 0 Å². The van der Waals surface area contributed by atoms with Crippen molar-refractivity contribution in [2.24, 2.45) is 0 Å². The first-order valence-corrected chi connectivity index (χ1v) is 9.53. The Morgan fingerprint density at radius 2 is 1.89 bits per heavy atom. The predicted octanol–water partition coefficient (Wildman–Crippen LogP) is 4.32. The first kappa shape index (κ1) is 19.7. The molecule has 1 unspecified atom stereocenters. The number of furan rings is 1. The lowest BCUT2D eigenvalue weighted by Gasteiger charge is -2.14. The lowest BCUT2D eigenvalue weighted by Crippen LogP contribution is -2.36. The summed E-state index contributed by atoms with van der Waals surface area (Å²) in [7, 11) is 0. The molecule has 2 amide bonds. The molecule has 148 valence electrons. The summed E-state index contributed by atoms with van der Waals surface area (Å²) in [6.07, 6.45) is 0. The average Bonchev–Trinajstić information content (AvgIpc) is 3.12. The van der Waals surface area contributed by atoms with E-state index in [1.165, 1.54) is 5.56 Å². The Bertz CT molecular complexity index is 957. The molecule has 0 aliphatic heterocycles. The van der Waals surface area contributed by atoms with Crippen LogP contribution in [0.3, 0.4) is 0 Å². The summed E-state index contributed by atoms with van der Waals surface area (Å²) in [5.74, 6) is 1.68. The molecule has 3 aromatic rings. The van der Waals surface area contributed by atoms with E-state index in [-0.39, 0.29) is 12.1 Å². The van der Waals surface area contributed by atoms with Crippen LogP contribution in [0.1, 0.15) is 52.6 Å². The molecule has 6 heteroatoms. The van der Waals surface area contributed by atoms with Crippen molar-refractivity contribution in [2.75, 3.05) is 0 Å². The number of urea groups is 1. The van der Waals surface area contributed by atoms with Crippen molar-refractivity contribution in [3.63, 3.8) is 0 Å². The fourth-order valence-corrected chi connectivity index (χ4v) is 3.47. The Balaban J connectivity index is 1.61. The van der Waals surface area contributed by atoms with E-state index in [9.17, 15) is 4.79 Å². The third kappa shape index (κ3) is 4.44. The van der Waals surface area contributed by atoms with Crippen LogP contribution in [-0.4, -0.2) is 15.8 Å². The van der Waals surface area contributed by atoms with Crippen LogP contribution in [-0.2, 0) is 13.1 Å². The molecule has 0 saturated carbocycles. The summed E-state index contributed by atoms with van der Waals surface area (Å²) in [6, 6.07) is 11.9. The van der Waals surface area contributed by atoms with E-state index in [0.29, 0.717) is 6.54 Å². The van der Waals surface area contributed by atoms with Crippen LogP contribution in [0.15, 0.2) is 40.8 Å². The number of nitrogens with zero attached hydrogens (tertiary/aromatic N) is 2. The molecule has 2 aromatic heterocycles. The Morgan fingerprint density at radius 1 is 1.18 bits per heavy atom. The second-order valence-electron chi connectivity index (χ2n) is 7.21. The van der Waals surface area contributed by atoms with E-state index < -0.39 is 0 Å². The smallest absolute Gasteiger partial charge is 0.315 e. The largest absolute Gasteiger partial charge is 0.466 e. The molecule has 1 aromatic carbocycles. The molecular weight excluding hydrogens is 352 g/mol. The van der Waals surface area contributed by atoms with Gasteiger partial charge in [-0.2, -0.15) is 5.10 Å². The number of benzene rings is 1. The van der Waals surface area contributed by atoms with Crippen LogP contribution < -0.4 is 10.6 Å². The Hall–Kier alpha value is -3.02. The molecule has 2 N–H and O–H groups in total. The zero-order chi connectivity index (χ0) is 20.3. The summed E-state index contributed by atoms with van der Waals surface area (Å²) in [5.41, 5.74) is 5.24. The molecule has 2 heterocycles. The maximum Gasteiger partial charge on any atom is 0.315 e. The van der Waals surface area contributed by atoms with Gasteiger partial charge in [0, 0.05) is 23.4 Å². The number of rotatable bonds is 6. The number of aryl methyl sites for hydroxylation is 3. The molecule has 0 bridgehead atoms. The van der Waals surface area contributed by atoms with Crippen molar-refractivity contribution >= 4 is 6.03 Å². The highest BCUT2D eigenvalue weighted by atomic mass is 16.3. The summed E-state index contributed by atoms with van der Waals surface area (Å²) in [6.45, 7) is 10.9. The van der Waals surface area contributed by atoms with Crippen LogP contribution in [0.25, 0.3) is 0 Å². The van der Waals surface area contributed by atoms with Gasteiger partial charge >= 0.3 is 6.03 Å². The predicted molar refractivity (Wildman–Crippen MR) is 109 cm³/mol. The van der Waals surface area contributed by atoms with E-state index in [0.717, 1.165) is 40.6 Å². The molecule has 0 saturated heterocycles. The van der Waals surface area contributed by atoms with Gasteiger partial charge in [0.15, 0.2) is 0 Å². The minimum atomic E-state index is -0.208. The number of nitrogens with one attached hydrogen (secondary N) is 2. The quantitative estimate of drug-likeness (QED) is 0.669. The van der Waals surface area contributed by atoms with Gasteiger partial charge in [-0.3, -0.25) is 4.68 Å². The first-order valence-electron chi connectivity index (χ1n) is 9.53. The Labute approximate surface area is 165 Å². The number of carbonyl (C=O) groups is 1. The molecule has 0 aliphatic rings. The van der Waals surface area contributed by atoms with Gasteiger partial charge in [0.1, 0.15) is 11.5 Å². The minimum Gasteiger partial charge on any atom is -0.466 e. The standard InChI is InChI=1S/C22H28N4O2/c1-14-11-20(18(5)28-14)15(2)24-22(27)23-12-21-16(3)25-26(17(21)4)13-19-9-7-6-8-10-19/h6-11,15H,12-13H2,1-5H3,(H2,23,24,27). The second kappa shape index (κ2) is 8.33. The lowest BCUT2D eigenvalue weighted by molar-refractivity contribution is 0.237. The molecule has 0 aliphatic carbocycles. The highest BCUT2D eigenvalue weighted by molar-refractivity contribution is 5.74. The number of amides is 2. The zero-order valence-corrected chi connectivity index (χ0v) is 17.2. The molecule has 0 radical (unpaired) electrons. The molecule has 6 nitrogen and oxygen atoms in total. The first-order chi connectivity index (χ1) is 13.3. The van der Waals surface area contributed by atoms with E-state index in [1.54, 1.807) is 0 Å². The monoisotopic (exact) mass is 380 g/mol. The van der Waals surface area contributed by atoms with Gasteiger partial charge in [0.05, 0.1) is 18.3 Å². The summed E-state index contributed by atoms with van der Waals surface area (Å²) >= 11 is 0. The van der Waals surface area contributed by atoms with Crippen molar-refractivity contribution in [1.82, 2.24) is 20.4 Å². The SMILES string of the molecule is Cc1cc(C(C)NC(=O)NCc2c(C)nn(Cc3ccccc3)c2C)c(C)o1. The molecular formula is C22H28N4O2. The van der Waals surface area contributed by atoms with E-state index in [1.807, 2.05) is 63.6 Å². The van der Waals surface area contributed by atoms with Crippen molar-refractivity contribution < 1.29 is 9.21 Å². The maximum absolute atomic E-state index is 12.4. The average molecular weight is 380 g/mol. The number of hydrogen-bond acceptors (Lipinski definition) is 3. The molecule has 0 fully saturated rings. The normalized spacial score (nSPS) is 12.0. The lowest BCUT2D eigenvalue weighted by atomic mass is 10.1. The van der Waals surface area contributed by atoms with Crippen LogP contribution in [0.2, 0.25) is 0 Å². The number of hydrogen-bond donors (Lipinski definition) is 2. The Kier molecular flexibility index (Phi) is 5.87. The van der Waals surface area contributed by atoms with Gasteiger partial charge in [0.25, 0.3) is 0 Å². The molecule has 28 heavy (non-hydrogen) atoms. The molecule has 0 spiro atoms. The molecule has 1 atom stereocenters. The van der Waals surface area contributed by atoms with Gasteiger partial charge in [0.2, 0.25) is 0 Å². The van der Waals surface area contributed by atoms with Gasteiger partial charge in [-0.15, -0.1) is 0 Å². The molecule has 3 rings (SSSR count). The van der Waals surface area contributed by atoms with Crippen molar-refractivity contribution in [3.05, 3.63) is 76.0 Å². The van der Waals surface area contributed by atoms with Gasteiger partial charge < -0.3 is 15.1 Å². The van der Waals surface area contributed by atoms with Crippen LogP contribution in [0, 0.1) is 27.7 Å². The van der Waals surface area contributed by atoms with Gasteiger partial charge in [-0.05, 0) is 46.2 Å². The van der Waals surface area contributed by atoms with E-state index >= 15 is 0 Å². The fourth-order valence-electron chi connectivity index (χ4n) is 3.47. The second-order valence-corrected chi connectivity index (χ2v) is 7.21.